The number of aromatic nitrogens is 2. The topological polar surface area (TPSA) is 64.9 Å². The van der Waals surface area contributed by atoms with Crippen LogP contribution in [0, 0.1) is 12.8 Å². The maximum absolute atomic E-state index is 6.29. The van der Waals surface area contributed by atoms with Gasteiger partial charge in [-0.05, 0) is 37.8 Å². The molecule has 0 saturated heterocycles. The van der Waals surface area contributed by atoms with Crippen LogP contribution < -0.4 is 5.73 Å². The van der Waals surface area contributed by atoms with E-state index in [1.54, 1.807) is 0 Å². The molecule has 4 nitrogen and oxygen atoms in total. The van der Waals surface area contributed by atoms with Gasteiger partial charge < -0.3 is 10.2 Å². The molecule has 1 aliphatic rings. The van der Waals surface area contributed by atoms with E-state index in [-0.39, 0.29) is 6.04 Å². The molecule has 1 saturated carbocycles. The Kier molecular flexibility index (Phi) is 3.04. The van der Waals surface area contributed by atoms with Crippen molar-refractivity contribution in [2.45, 2.75) is 45.1 Å². The lowest BCUT2D eigenvalue weighted by atomic mass is 9.84. The number of pyridine rings is 1. The van der Waals surface area contributed by atoms with Gasteiger partial charge in [0.05, 0.1) is 6.04 Å². The molecule has 2 heterocycles. The normalized spacial score (nSPS) is 19.2. The van der Waals surface area contributed by atoms with Crippen LogP contribution in [0.1, 0.15) is 49.7 Å². The molecule has 0 bridgehead atoms. The van der Waals surface area contributed by atoms with E-state index in [0.717, 1.165) is 11.3 Å². The molecule has 0 aromatic carbocycles. The second-order valence-corrected chi connectivity index (χ2v) is 5.25. The first-order chi connectivity index (χ1) is 8.74. The van der Waals surface area contributed by atoms with Crippen molar-refractivity contribution >= 4 is 11.2 Å². The van der Waals surface area contributed by atoms with Gasteiger partial charge >= 0.3 is 0 Å². The van der Waals surface area contributed by atoms with E-state index in [1.807, 2.05) is 19.1 Å². The second kappa shape index (κ2) is 4.69. The first-order valence-corrected chi connectivity index (χ1v) is 6.74. The van der Waals surface area contributed by atoms with Gasteiger partial charge in [0.2, 0.25) is 5.89 Å². The number of rotatable bonds is 2. The molecule has 2 aromatic rings. The smallest absolute Gasteiger partial charge is 0.214 e. The van der Waals surface area contributed by atoms with Gasteiger partial charge in [-0.1, -0.05) is 19.3 Å². The van der Waals surface area contributed by atoms with Gasteiger partial charge in [-0.2, -0.15) is 4.98 Å². The predicted octanol–water partition coefficient (Wildman–Crippen LogP) is 3.11. The number of aryl methyl sites for hydroxylation is 1. The first kappa shape index (κ1) is 11.7. The molecular weight excluding hydrogens is 226 g/mol. The zero-order valence-corrected chi connectivity index (χ0v) is 10.7. The Bertz CT molecular complexity index is 543. The van der Waals surface area contributed by atoms with Crippen LogP contribution in [0.4, 0.5) is 0 Å². The van der Waals surface area contributed by atoms with E-state index in [0.29, 0.717) is 17.5 Å². The Labute approximate surface area is 107 Å². The third-order valence-electron chi connectivity index (χ3n) is 3.85. The van der Waals surface area contributed by atoms with Crippen molar-refractivity contribution in [3.8, 4) is 0 Å². The van der Waals surface area contributed by atoms with Crippen LogP contribution in [0.15, 0.2) is 16.5 Å². The highest BCUT2D eigenvalue weighted by Gasteiger charge is 2.25. The summed E-state index contributed by atoms with van der Waals surface area (Å²) in [6.45, 7) is 1.95. The lowest BCUT2D eigenvalue weighted by Gasteiger charge is -2.25. The highest BCUT2D eigenvalue weighted by Crippen LogP contribution is 2.33. The molecule has 1 fully saturated rings. The molecule has 1 aliphatic carbocycles. The molecule has 96 valence electrons. The van der Waals surface area contributed by atoms with Crippen molar-refractivity contribution in [1.82, 2.24) is 9.97 Å². The van der Waals surface area contributed by atoms with Gasteiger partial charge in [-0.15, -0.1) is 0 Å². The Balaban J connectivity index is 1.88. The van der Waals surface area contributed by atoms with Gasteiger partial charge in [0, 0.05) is 5.69 Å². The van der Waals surface area contributed by atoms with Crippen molar-refractivity contribution in [3.63, 3.8) is 0 Å². The van der Waals surface area contributed by atoms with E-state index in [4.69, 9.17) is 10.2 Å². The Morgan fingerprint density at radius 1 is 1.22 bits per heavy atom. The van der Waals surface area contributed by atoms with Gasteiger partial charge in [0.15, 0.2) is 11.2 Å². The average molecular weight is 245 g/mol. The lowest BCUT2D eigenvalue weighted by Crippen LogP contribution is -2.23. The van der Waals surface area contributed by atoms with Crippen LogP contribution in [0.25, 0.3) is 11.2 Å². The Hall–Kier alpha value is -1.42. The standard InChI is InChI=1S/C14H19N3O/c1-9-7-8-11-13(16-9)17-14(18-11)12(15)10-5-3-2-4-6-10/h7-8,10,12H,2-6,15H2,1H3. The van der Waals surface area contributed by atoms with E-state index in [9.17, 15) is 0 Å². The number of oxazole rings is 1. The van der Waals surface area contributed by atoms with Crippen LogP contribution in [0.5, 0.6) is 0 Å². The minimum atomic E-state index is -0.0835. The summed E-state index contributed by atoms with van der Waals surface area (Å²) < 4.78 is 5.74. The van der Waals surface area contributed by atoms with Crippen molar-refractivity contribution in [2.24, 2.45) is 11.7 Å². The van der Waals surface area contributed by atoms with E-state index >= 15 is 0 Å². The fourth-order valence-corrected chi connectivity index (χ4v) is 2.77. The van der Waals surface area contributed by atoms with Gasteiger partial charge in [-0.3, -0.25) is 0 Å². The molecule has 3 rings (SSSR count). The SMILES string of the molecule is Cc1ccc2oc(C(N)C3CCCCC3)nc2n1. The van der Waals surface area contributed by atoms with Gasteiger partial charge in [0.25, 0.3) is 0 Å². The minimum Gasteiger partial charge on any atom is -0.437 e. The third kappa shape index (κ3) is 2.12. The van der Waals surface area contributed by atoms with Crippen molar-refractivity contribution in [1.29, 1.82) is 0 Å². The number of hydrogen-bond acceptors (Lipinski definition) is 4. The molecule has 0 radical (unpaired) electrons. The largest absolute Gasteiger partial charge is 0.437 e. The Morgan fingerprint density at radius 2 is 2.00 bits per heavy atom. The molecule has 4 heteroatoms. The fourth-order valence-electron chi connectivity index (χ4n) is 2.77. The van der Waals surface area contributed by atoms with Crippen LogP contribution in [0.3, 0.4) is 0 Å². The molecule has 1 unspecified atom stereocenters. The van der Waals surface area contributed by atoms with E-state index in [1.165, 1.54) is 32.1 Å². The van der Waals surface area contributed by atoms with Crippen LogP contribution in [0.2, 0.25) is 0 Å². The quantitative estimate of drug-likeness (QED) is 0.882. The summed E-state index contributed by atoms with van der Waals surface area (Å²) in [5.41, 5.74) is 8.65. The zero-order valence-electron chi connectivity index (χ0n) is 10.7. The van der Waals surface area contributed by atoms with Gasteiger partial charge in [-0.25, -0.2) is 4.98 Å². The number of nitrogens with zero attached hydrogens (tertiary/aromatic N) is 2. The predicted molar refractivity (Wildman–Crippen MR) is 70.0 cm³/mol. The second-order valence-electron chi connectivity index (χ2n) is 5.25. The van der Waals surface area contributed by atoms with Crippen LogP contribution >= 0.6 is 0 Å². The molecule has 2 aromatic heterocycles. The summed E-state index contributed by atoms with van der Waals surface area (Å²) in [6, 6.07) is 3.77. The van der Waals surface area contributed by atoms with Crippen molar-refractivity contribution in [2.75, 3.05) is 0 Å². The fraction of sp³-hybridized carbons (Fsp3) is 0.571. The maximum atomic E-state index is 6.29. The molecule has 0 spiro atoms. The van der Waals surface area contributed by atoms with Gasteiger partial charge in [0.1, 0.15) is 0 Å². The summed E-state index contributed by atoms with van der Waals surface area (Å²) >= 11 is 0. The molecular formula is C14H19N3O. The van der Waals surface area contributed by atoms with E-state index < -0.39 is 0 Å². The monoisotopic (exact) mass is 245 g/mol. The van der Waals surface area contributed by atoms with Crippen LogP contribution in [-0.4, -0.2) is 9.97 Å². The van der Waals surface area contributed by atoms with Crippen LogP contribution in [-0.2, 0) is 0 Å². The summed E-state index contributed by atoms with van der Waals surface area (Å²) in [7, 11) is 0. The molecule has 0 aliphatic heterocycles. The lowest BCUT2D eigenvalue weighted by molar-refractivity contribution is 0.278. The number of fused-ring (bicyclic) bond motifs is 1. The molecule has 1 atom stereocenters. The molecule has 18 heavy (non-hydrogen) atoms. The summed E-state index contributed by atoms with van der Waals surface area (Å²) in [4.78, 5) is 8.81. The van der Waals surface area contributed by atoms with Crippen molar-refractivity contribution in [3.05, 3.63) is 23.7 Å². The summed E-state index contributed by atoms with van der Waals surface area (Å²) in [5, 5.41) is 0. The average Bonchev–Trinajstić information content (AvgIpc) is 2.81. The number of nitrogens with two attached hydrogens (primary N) is 1. The molecule has 0 amide bonds. The number of hydrogen-bond donors (Lipinski definition) is 1. The first-order valence-electron chi connectivity index (χ1n) is 6.74. The van der Waals surface area contributed by atoms with Crippen molar-refractivity contribution < 1.29 is 4.42 Å². The third-order valence-corrected chi connectivity index (χ3v) is 3.85. The summed E-state index contributed by atoms with van der Waals surface area (Å²) in [6.07, 6.45) is 6.25. The summed E-state index contributed by atoms with van der Waals surface area (Å²) in [5.74, 6) is 1.16. The highest BCUT2D eigenvalue weighted by molar-refractivity contribution is 5.67. The minimum absolute atomic E-state index is 0.0835. The highest BCUT2D eigenvalue weighted by atomic mass is 16.3. The zero-order chi connectivity index (χ0) is 12.5. The van der Waals surface area contributed by atoms with E-state index in [2.05, 4.69) is 9.97 Å². The molecule has 2 N–H and O–H groups in total. The maximum Gasteiger partial charge on any atom is 0.214 e. The Morgan fingerprint density at radius 3 is 2.78 bits per heavy atom.